The highest BCUT2D eigenvalue weighted by Crippen LogP contribution is 2.26. The first kappa shape index (κ1) is 24.8. The third-order valence-electron chi connectivity index (χ3n) is 5.08. The van der Waals surface area contributed by atoms with Crippen molar-refractivity contribution >= 4 is 50.5 Å². The second kappa shape index (κ2) is 10.4. The zero-order valence-electron chi connectivity index (χ0n) is 18.3. The van der Waals surface area contributed by atoms with E-state index in [1.165, 1.54) is 24.3 Å². The lowest BCUT2D eigenvalue weighted by Crippen LogP contribution is -2.39. The topological polar surface area (TPSA) is 78.8 Å². The minimum absolute atomic E-state index is 0.0266. The van der Waals surface area contributed by atoms with Gasteiger partial charge in [0.15, 0.2) is 0 Å². The Morgan fingerprint density at radius 2 is 1.48 bits per heavy atom. The van der Waals surface area contributed by atoms with Crippen molar-refractivity contribution < 1.29 is 13.2 Å². The van der Waals surface area contributed by atoms with Crippen molar-refractivity contribution in [3.8, 4) is 0 Å². The van der Waals surface area contributed by atoms with Crippen LogP contribution in [-0.2, 0) is 14.8 Å². The molecular formula is C24H23Cl2N3O3S. The zero-order valence-corrected chi connectivity index (χ0v) is 20.7. The maximum Gasteiger partial charge on any atom is 0.264 e. The Balaban J connectivity index is 1.90. The predicted octanol–water partition coefficient (Wildman–Crippen LogP) is 5.35. The molecule has 6 nitrogen and oxygen atoms in total. The Morgan fingerprint density at radius 3 is 2.06 bits per heavy atom. The Labute approximate surface area is 203 Å². The van der Waals surface area contributed by atoms with E-state index in [1.54, 1.807) is 43.3 Å². The van der Waals surface area contributed by atoms with Gasteiger partial charge >= 0.3 is 0 Å². The molecule has 0 fully saturated rings. The molecule has 0 bridgehead atoms. The molecule has 3 rings (SSSR count). The molecule has 1 amide bonds. The SMILES string of the molecule is C/C(=N/NC(=O)CN(c1ccc(C)c(C)c1)S(=O)(=O)c1ccc(Cl)cc1)c1ccc(Cl)cc1. The van der Waals surface area contributed by atoms with Gasteiger partial charge in [0.25, 0.3) is 15.9 Å². The molecule has 1 N–H and O–H groups in total. The molecule has 3 aromatic rings. The number of nitrogens with zero attached hydrogens (tertiary/aromatic N) is 2. The lowest BCUT2D eigenvalue weighted by atomic mass is 10.1. The Kier molecular flexibility index (Phi) is 7.79. The standard InChI is InChI=1S/C24H23Cl2N3O3S/c1-16-4-11-22(14-17(16)2)29(33(31,32)23-12-9-21(26)10-13-23)15-24(30)28-27-18(3)19-5-7-20(25)8-6-19/h4-14H,15H2,1-3H3,(H,28,30)/b27-18-. The second-order valence-corrected chi connectivity index (χ2v) is 10.2. The first-order valence-corrected chi connectivity index (χ1v) is 12.2. The molecule has 0 aromatic heterocycles. The zero-order chi connectivity index (χ0) is 24.2. The van der Waals surface area contributed by atoms with Crippen LogP contribution >= 0.6 is 23.2 Å². The average molecular weight is 504 g/mol. The summed E-state index contributed by atoms with van der Waals surface area (Å²) in [7, 11) is -4.04. The highest BCUT2D eigenvalue weighted by molar-refractivity contribution is 7.92. The van der Waals surface area contributed by atoms with Gasteiger partial charge in [-0.15, -0.1) is 0 Å². The van der Waals surface area contributed by atoms with Gasteiger partial charge in [-0.2, -0.15) is 5.10 Å². The van der Waals surface area contributed by atoms with Gasteiger partial charge < -0.3 is 0 Å². The number of sulfonamides is 1. The van der Waals surface area contributed by atoms with Gasteiger partial charge in [0.1, 0.15) is 6.54 Å². The van der Waals surface area contributed by atoms with Gasteiger partial charge in [-0.05, 0) is 86.0 Å². The van der Waals surface area contributed by atoms with E-state index in [2.05, 4.69) is 10.5 Å². The molecule has 0 aliphatic carbocycles. The van der Waals surface area contributed by atoms with E-state index in [1.807, 2.05) is 19.9 Å². The summed E-state index contributed by atoms with van der Waals surface area (Å²) in [6, 6.07) is 18.0. The van der Waals surface area contributed by atoms with E-state index < -0.39 is 22.5 Å². The smallest absolute Gasteiger partial charge is 0.264 e. The third kappa shape index (κ3) is 6.13. The van der Waals surface area contributed by atoms with Gasteiger partial charge in [-0.3, -0.25) is 9.10 Å². The van der Waals surface area contributed by atoms with Crippen LogP contribution in [0.15, 0.2) is 76.7 Å². The number of anilines is 1. The molecule has 0 saturated heterocycles. The van der Waals surface area contributed by atoms with E-state index in [0.717, 1.165) is 21.0 Å². The maximum atomic E-state index is 13.4. The number of hydrazone groups is 1. The van der Waals surface area contributed by atoms with Crippen LogP contribution < -0.4 is 9.73 Å². The Hall–Kier alpha value is -2.87. The summed E-state index contributed by atoms with van der Waals surface area (Å²) in [6.07, 6.45) is 0. The number of carbonyl (C=O) groups excluding carboxylic acids is 1. The first-order chi connectivity index (χ1) is 15.6. The highest BCUT2D eigenvalue weighted by atomic mass is 35.5. The summed E-state index contributed by atoms with van der Waals surface area (Å²) in [5.74, 6) is -0.584. The molecule has 0 unspecified atom stereocenters. The van der Waals surface area contributed by atoms with E-state index >= 15 is 0 Å². The summed E-state index contributed by atoms with van der Waals surface area (Å²) >= 11 is 11.8. The monoisotopic (exact) mass is 503 g/mol. The fourth-order valence-electron chi connectivity index (χ4n) is 3.00. The lowest BCUT2D eigenvalue weighted by molar-refractivity contribution is -0.119. The maximum absolute atomic E-state index is 13.4. The molecular weight excluding hydrogens is 481 g/mol. The summed E-state index contributed by atoms with van der Waals surface area (Å²) in [5, 5.41) is 5.11. The number of nitrogens with one attached hydrogen (secondary N) is 1. The lowest BCUT2D eigenvalue weighted by Gasteiger charge is -2.24. The summed E-state index contributed by atoms with van der Waals surface area (Å²) in [6.45, 7) is 5.09. The largest absolute Gasteiger partial charge is 0.271 e. The highest BCUT2D eigenvalue weighted by Gasteiger charge is 2.27. The molecule has 0 aliphatic heterocycles. The molecule has 0 radical (unpaired) electrons. The molecule has 0 heterocycles. The first-order valence-electron chi connectivity index (χ1n) is 10.0. The van der Waals surface area contributed by atoms with Crippen LogP contribution in [0, 0.1) is 13.8 Å². The average Bonchev–Trinajstić information content (AvgIpc) is 2.78. The van der Waals surface area contributed by atoms with Gasteiger partial charge in [0.05, 0.1) is 16.3 Å². The Morgan fingerprint density at radius 1 is 0.909 bits per heavy atom. The number of carbonyl (C=O) groups is 1. The van der Waals surface area contributed by atoms with Crippen LogP contribution in [0.25, 0.3) is 0 Å². The summed E-state index contributed by atoms with van der Waals surface area (Å²) in [4.78, 5) is 12.8. The third-order valence-corrected chi connectivity index (χ3v) is 7.37. The van der Waals surface area contributed by atoms with Crippen LogP contribution in [0.3, 0.4) is 0 Å². The minimum Gasteiger partial charge on any atom is -0.271 e. The number of hydrogen-bond donors (Lipinski definition) is 1. The molecule has 9 heteroatoms. The van der Waals surface area contributed by atoms with Gasteiger partial charge in [0.2, 0.25) is 0 Å². The second-order valence-electron chi connectivity index (χ2n) is 7.47. The van der Waals surface area contributed by atoms with Crippen LogP contribution in [0.1, 0.15) is 23.6 Å². The van der Waals surface area contributed by atoms with Crippen molar-refractivity contribution in [1.82, 2.24) is 5.43 Å². The number of rotatable bonds is 7. The van der Waals surface area contributed by atoms with E-state index in [-0.39, 0.29) is 4.90 Å². The fourth-order valence-corrected chi connectivity index (χ4v) is 4.66. The molecule has 172 valence electrons. The van der Waals surface area contributed by atoms with Gasteiger partial charge in [-0.25, -0.2) is 13.8 Å². The van der Waals surface area contributed by atoms with Crippen molar-refractivity contribution in [3.63, 3.8) is 0 Å². The fraction of sp³-hybridized carbons (Fsp3) is 0.167. The molecule has 0 atom stereocenters. The summed E-state index contributed by atoms with van der Waals surface area (Å²) < 4.78 is 27.9. The number of amides is 1. The van der Waals surface area contributed by atoms with Crippen LogP contribution in [-0.4, -0.2) is 26.6 Å². The minimum atomic E-state index is -4.04. The van der Waals surface area contributed by atoms with Gasteiger partial charge in [0, 0.05) is 10.0 Å². The molecule has 0 spiro atoms. The van der Waals surface area contributed by atoms with Crippen LogP contribution in [0.5, 0.6) is 0 Å². The number of hydrogen-bond acceptors (Lipinski definition) is 4. The quantitative estimate of drug-likeness (QED) is 0.348. The van der Waals surface area contributed by atoms with Crippen molar-refractivity contribution in [2.75, 3.05) is 10.8 Å². The summed E-state index contributed by atoms with van der Waals surface area (Å²) in [5.41, 5.74) is 6.06. The number of aryl methyl sites for hydroxylation is 2. The molecule has 0 aliphatic rings. The number of benzene rings is 3. The van der Waals surface area contributed by atoms with E-state index in [0.29, 0.717) is 21.4 Å². The van der Waals surface area contributed by atoms with Crippen LogP contribution in [0.4, 0.5) is 5.69 Å². The number of halogens is 2. The molecule has 33 heavy (non-hydrogen) atoms. The van der Waals surface area contributed by atoms with Gasteiger partial charge in [-0.1, -0.05) is 41.4 Å². The molecule has 0 saturated carbocycles. The van der Waals surface area contributed by atoms with Crippen molar-refractivity contribution in [2.24, 2.45) is 5.10 Å². The van der Waals surface area contributed by atoms with E-state index in [4.69, 9.17) is 23.2 Å². The van der Waals surface area contributed by atoms with Crippen molar-refractivity contribution in [2.45, 2.75) is 25.7 Å². The van der Waals surface area contributed by atoms with Crippen molar-refractivity contribution in [1.29, 1.82) is 0 Å². The Bertz CT molecular complexity index is 1290. The normalized spacial score (nSPS) is 11.8. The molecule has 3 aromatic carbocycles. The van der Waals surface area contributed by atoms with E-state index in [9.17, 15) is 13.2 Å². The van der Waals surface area contributed by atoms with Crippen LogP contribution in [0.2, 0.25) is 10.0 Å². The predicted molar refractivity (Wildman–Crippen MR) is 134 cm³/mol. The van der Waals surface area contributed by atoms with Crippen molar-refractivity contribution in [3.05, 3.63) is 93.5 Å².